The van der Waals surface area contributed by atoms with Crippen molar-refractivity contribution >= 4 is 0 Å². The van der Waals surface area contributed by atoms with Crippen molar-refractivity contribution in [2.75, 3.05) is 0 Å². The molecule has 1 fully saturated rings. The predicted molar refractivity (Wildman–Crippen MR) is 99.3 cm³/mol. The Hall–Kier alpha value is -2.64. The van der Waals surface area contributed by atoms with E-state index in [4.69, 9.17) is 10.7 Å². The van der Waals surface area contributed by atoms with Crippen LogP contribution in [0.5, 0.6) is 0 Å². The van der Waals surface area contributed by atoms with Gasteiger partial charge in [-0.25, -0.2) is 14.1 Å². The lowest BCUT2D eigenvalue weighted by atomic mass is 9.84. The summed E-state index contributed by atoms with van der Waals surface area (Å²) < 4.78 is 15.1. The molecular formula is C20H22FN5O. The Labute approximate surface area is 156 Å². The van der Waals surface area contributed by atoms with Crippen LogP contribution < -0.4 is 5.73 Å². The van der Waals surface area contributed by atoms with Crippen LogP contribution >= 0.6 is 0 Å². The number of halogens is 1. The third-order valence-corrected chi connectivity index (χ3v) is 5.07. The van der Waals surface area contributed by atoms with Crippen molar-refractivity contribution in [2.45, 2.75) is 43.9 Å². The molecule has 0 aliphatic heterocycles. The van der Waals surface area contributed by atoms with Gasteiger partial charge >= 0.3 is 0 Å². The van der Waals surface area contributed by atoms with Crippen LogP contribution in [0.4, 0.5) is 4.39 Å². The van der Waals surface area contributed by atoms with Gasteiger partial charge in [-0.05, 0) is 49.1 Å². The summed E-state index contributed by atoms with van der Waals surface area (Å²) in [5.41, 5.74) is 7.58. The molecule has 0 unspecified atom stereocenters. The molecule has 3 atom stereocenters. The van der Waals surface area contributed by atoms with Gasteiger partial charge in [0.2, 0.25) is 0 Å². The van der Waals surface area contributed by atoms with Crippen LogP contribution in [0.3, 0.4) is 0 Å². The Morgan fingerprint density at radius 2 is 1.96 bits per heavy atom. The monoisotopic (exact) mass is 367 g/mol. The zero-order valence-corrected chi connectivity index (χ0v) is 14.9. The quantitative estimate of drug-likeness (QED) is 0.739. The first-order valence-electron chi connectivity index (χ1n) is 9.14. The lowest BCUT2D eigenvalue weighted by molar-refractivity contribution is 0.0957. The van der Waals surface area contributed by atoms with E-state index in [0.29, 0.717) is 24.5 Å². The highest BCUT2D eigenvalue weighted by molar-refractivity contribution is 5.48. The van der Waals surface area contributed by atoms with Crippen LogP contribution in [0.15, 0.2) is 48.7 Å². The van der Waals surface area contributed by atoms with Gasteiger partial charge in [0.25, 0.3) is 0 Å². The van der Waals surface area contributed by atoms with E-state index >= 15 is 0 Å². The summed E-state index contributed by atoms with van der Waals surface area (Å²) in [5, 5.41) is 14.9. The first kappa shape index (κ1) is 17.8. The van der Waals surface area contributed by atoms with Crippen LogP contribution in [0.2, 0.25) is 0 Å². The van der Waals surface area contributed by atoms with Gasteiger partial charge in [0, 0.05) is 18.2 Å². The van der Waals surface area contributed by atoms with E-state index in [1.54, 1.807) is 18.3 Å². The van der Waals surface area contributed by atoms with E-state index in [1.807, 2.05) is 22.9 Å². The number of pyridine rings is 1. The van der Waals surface area contributed by atoms with Gasteiger partial charge in [-0.1, -0.05) is 18.2 Å². The number of hydrogen-bond acceptors (Lipinski definition) is 5. The van der Waals surface area contributed by atoms with Crippen LogP contribution in [0.25, 0.3) is 11.5 Å². The van der Waals surface area contributed by atoms with Crippen molar-refractivity contribution in [2.24, 2.45) is 5.73 Å². The summed E-state index contributed by atoms with van der Waals surface area (Å²) in [4.78, 5) is 9.08. The molecule has 6 nitrogen and oxygen atoms in total. The molecule has 0 spiro atoms. The first-order chi connectivity index (χ1) is 13.1. The highest BCUT2D eigenvalue weighted by Crippen LogP contribution is 2.32. The van der Waals surface area contributed by atoms with Gasteiger partial charge in [0.1, 0.15) is 17.3 Å². The van der Waals surface area contributed by atoms with Gasteiger partial charge in [-0.3, -0.25) is 4.98 Å². The maximum atomic E-state index is 13.2. The van der Waals surface area contributed by atoms with Crippen LogP contribution in [-0.2, 0) is 6.54 Å². The summed E-state index contributed by atoms with van der Waals surface area (Å²) in [7, 11) is 0. The second-order valence-electron chi connectivity index (χ2n) is 7.03. The average Bonchev–Trinajstić information content (AvgIpc) is 3.10. The summed E-state index contributed by atoms with van der Waals surface area (Å²) in [6.45, 7) is 0.480. The smallest absolute Gasteiger partial charge is 0.200 e. The van der Waals surface area contributed by atoms with Crippen LogP contribution in [0.1, 0.15) is 36.6 Å². The SMILES string of the molecule is N[C@@H]1CC[C@H](c2nc(-c3ccccn3)nn2Cc2ccc(F)cc2)C[C@H]1O. The third-order valence-electron chi connectivity index (χ3n) is 5.07. The fraction of sp³-hybridized carbons (Fsp3) is 0.350. The lowest BCUT2D eigenvalue weighted by Gasteiger charge is -2.30. The second kappa shape index (κ2) is 7.54. The molecule has 1 aromatic carbocycles. The molecule has 2 aromatic heterocycles. The molecule has 1 saturated carbocycles. The molecule has 0 radical (unpaired) electrons. The average molecular weight is 367 g/mol. The van der Waals surface area contributed by atoms with E-state index in [1.165, 1.54) is 12.1 Å². The molecule has 1 aliphatic carbocycles. The maximum Gasteiger partial charge on any atom is 0.200 e. The van der Waals surface area contributed by atoms with Crippen molar-refractivity contribution < 1.29 is 9.50 Å². The molecule has 0 amide bonds. The van der Waals surface area contributed by atoms with Gasteiger partial charge < -0.3 is 10.8 Å². The summed E-state index contributed by atoms with van der Waals surface area (Å²) in [6, 6.07) is 11.8. The molecule has 0 bridgehead atoms. The molecule has 1 aliphatic rings. The predicted octanol–water partition coefficient (Wildman–Crippen LogP) is 2.48. The minimum Gasteiger partial charge on any atom is -0.391 e. The van der Waals surface area contributed by atoms with Gasteiger partial charge in [-0.15, -0.1) is 5.10 Å². The number of benzene rings is 1. The van der Waals surface area contributed by atoms with Crippen LogP contribution in [-0.4, -0.2) is 37.0 Å². The van der Waals surface area contributed by atoms with Crippen molar-refractivity contribution in [1.29, 1.82) is 0 Å². The van der Waals surface area contributed by atoms with E-state index in [9.17, 15) is 9.50 Å². The Bertz CT molecular complexity index is 896. The van der Waals surface area contributed by atoms with Gasteiger partial charge in [0.05, 0.1) is 12.6 Å². The number of aliphatic hydroxyl groups excluding tert-OH is 1. The molecule has 140 valence electrons. The number of hydrogen-bond donors (Lipinski definition) is 2. The van der Waals surface area contributed by atoms with Crippen molar-refractivity contribution in [3.8, 4) is 11.5 Å². The molecule has 3 N–H and O–H groups in total. The fourth-order valence-corrected chi connectivity index (χ4v) is 3.54. The van der Waals surface area contributed by atoms with Crippen LogP contribution in [0, 0.1) is 5.82 Å². The third kappa shape index (κ3) is 3.89. The Balaban J connectivity index is 1.69. The lowest BCUT2D eigenvalue weighted by Crippen LogP contribution is -2.40. The number of rotatable bonds is 4. The minimum absolute atomic E-state index is 0.0743. The van der Waals surface area contributed by atoms with Crippen molar-refractivity contribution in [1.82, 2.24) is 19.7 Å². The summed E-state index contributed by atoms with van der Waals surface area (Å²) in [5.74, 6) is 1.17. The first-order valence-corrected chi connectivity index (χ1v) is 9.14. The molecular weight excluding hydrogens is 345 g/mol. The van der Waals surface area contributed by atoms with E-state index in [2.05, 4.69) is 10.1 Å². The Kier molecular flexibility index (Phi) is 4.96. The highest BCUT2D eigenvalue weighted by Gasteiger charge is 2.31. The molecule has 3 aromatic rings. The van der Waals surface area contributed by atoms with Gasteiger partial charge in [0.15, 0.2) is 5.82 Å². The molecule has 7 heteroatoms. The normalized spacial score (nSPS) is 22.7. The fourth-order valence-electron chi connectivity index (χ4n) is 3.54. The van der Waals surface area contributed by atoms with Crippen molar-refractivity contribution in [3.05, 3.63) is 65.9 Å². The molecule has 0 saturated heterocycles. The van der Waals surface area contributed by atoms with E-state index in [-0.39, 0.29) is 17.8 Å². The Morgan fingerprint density at radius 1 is 1.15 bits per heavy atom. The zero-order chi connectivity index (χ0) is 18.8. The number of aromatic nitrogens is 4. The van der Waals surface area contributed by atoms with Crippen molar-refractivity contribution in [3.63, 3.8) is 0 Å². The largest absolute Gasteiger partial charge is 0.391 e. The summed E-state index contributed by atoms with van der Waals surface area (Å²) in [6.07, 6.45) is 3.32. The molecule has 27 heavy (non-hydrogen) atoms. The maximum absolute atomic E-state index is 13.2. The molecule has 4 rings (SSSR count). The molecule has 2 heterocycles. The number of aliphatic hydroxyl groups is 1. The van der Waals surface area contributed by atoms with Gasteiger partial charge in [-0.2, -0.15) is 0 Å². The van der Waals surface area contributed by atoms with E-state index < -0.39 is 6.10 Å². The second-order valence-corrected chi connectivity index (χ2v) is 7.03. The Morgan fingerprint density at radius 3 is 2.67 bits per heavy atom. The number of nitrogens with two attached hydrogens (primary N) is 1. The number of nitrogens with zero attached hydrogens (tertiary/aromatic N) is 4. The highest BCUT2D eigenvalue weighted by atomic mass is 19.1. The topological polar surface area (TPSA) is 89.9 Å². The minimum atomic E-state index is -0.543. The zero-order valence-electron chi connectivity index (χ0n) is 14.9. The summed E-state index contributed by atoms with van der Waals surface area (Å²) >= 11 is 0. The standard InChI is InChI=1S/C20H22FN5O/c21-15-7-4-13(5-8-15)12-26-20(14-6-9-16(22)18(27)11-14)24-19(25-26)17-3-1-2-10-23-17/h1-5,7-8,10,14,16,18,27H,6,9,11-12,22H2/t14-,16+,18+/m0/s1. The van der Waals surface area contributed by atoms with E-state index in [0.717, 1.165) is 24.2 Å².